The number of nitrogens with zero attached hydrogens (tertiary/aromatic N) is 5. The van der Waals surface area contributed by atoms with Crippen molar-refractivity contribution in [3.8, 4) is 29.0 Å². The number of pyridine rings is 1. The molecular formula is C30H18F5N5O2. The maximum Gasteiger partial charge on any atom is 0.323 e. The van der Waals surface area contributed by atoms with E-state index in [1.807, 2.05) is 0 Å². The monoisotopic (exact) mass is 575 g/mol. The van der Waals surface area contributed by atoms with Crippen LogP contribution in [0.5, 0.6) is 5.75 Å². The fraction of sp³-hybridized carbons (Fsp3) is 0.133. The highest BCUT2D eigenvalue weighted by molar-refractivity contribution is 5.64. The molecule has 42 heavy (non-hydrogen) atoms. The van der Waals surface area contributed by atoms with Gasteiger partial charge >= 0.3 is 5.92 Å². The van der Waals surface area contributed by atoms with Gasteiger partial charge in [0.2, 0.25) is 0 Å². The van der Waals surface area contributed by atoms with Crippen molar-refractivity contribution in [2.45, 2.75) is 24.7 Å². The molecule has 0 aliphatic carbocycles. The van der Waals surface area contributed by atoms with Crippen LogP contribution >= 0.6 is 0 Å². The number of hydrogen-bond donors (Lipinski definition) is 1. The van der Waals surface area contributed by atoms with Gasteiger partial charge in [0.1, 0.15) is 23.9 Å². The zero-order valence-corrected chi connectivity index (χ0v) is 21.4. The molecule has 7 nitrogen and oxygen atoms in total. The molecule has 5 aromatic rings. The van der Waals surface area contributed by atoms with E-state index in [4.69, 9.17) is 4.74 Å². The number of rotatable bonds is 5. The van der Waals surface area contributed by atoms with Crippen LogP contribution in [0.3, 0.4) is 0 Å². The number of fused-ring (bicyclic) bond motifs is 3. The van der Waals surface area contributed by atoms with Gasteiger partial charge in [-0.1, -0.05) is 30.0 Å². The largest absolute Gasteiger partial charge is 0.489 e. The van der Waals surface area contributed by atoms with E-state index in [9.17, 15) is 18.3 Å². The van der Waals surface area contributed by atoms with E-state index in [1.165, 1.54) is 18.2 Å². The van der Waals surface area contributed by atoms with E-state index >= 15 is 8.78 Å². The zero-order valence-electron chi connectivity index (χ0n) is 21.4. The van der Waals surface area contributed by atoms with Crippen molar-refractivity contribution in [2.24, 2.45) is 0 Å². The molecule has 0 spiro atoms. The van der Waals surface area contributed by atoms with Crippen molar-refractivity contribution < 1.29 is 31.8 Å². The van der Waals surface area contributed by atoms with Gasteiger partial charge in [0.05, 0.1) is 6.54 Å². The van der Waals surface area contributed by atoms with Gasteiger partial charge in [-0.15, -0.1) is 5.10 Å². The second-order valence-corrected chi connectivity index (χ2v) is 9.49. The molecule has 0 saturated heterocycles. The van der Waals surface area contributed by atoms with Crippen LogP contribution in [0, 0.1) is 29.3 Å². The molecule has 12 heteroatoms. The standard InChI is InChI=1S/C30H18F5N5O2/c31-21-9-12-24-23(14-21)28-37-38-39-40(28)17-29(24,41)30(34,35)26-13-8-19(15-36-26)5-4-18-6-10-22(11-7-18)42-16-20-2-1-3-25(32)27(20)33/h1-3,6-15,41H,16-17H2. The predicted molar refractivity (Wildman–Crippen MR) is 138 cm³/mol. The molecule has 1 N–H and O–H groups in total. The first-order valence-corrected chi connectivity index (χ1v) is 12.5. The third-order valence-corrected chi connectivity index (χ3v) is 6.81. The number of halogens is 5. The van der Waals surface area contributed by atoms with Gasteiger partial charge in [-0.05, 0) is 65.0 Å². The average Bonchev–Trinajstić information content (AvgIpc) is 3.46. The Labute approximate surface area is 235 Å². The van der Waals surface area contributed by atoms with Crippen LogP contribution in [-0.2, 0) is 24.7 Å². The van der Waals surface area contributed by atoms with Gasteiger partial charge in [0, 0.05) is 34.0 Å². The van der Waals surface area contributed by atoms with Crippen molar-refractivity contribution in [3.05, 3.63) is 124 Å². The SMILES string of the molecule is OC1(C(F)(F)c2ccc(C#Cc3ccc(OCc4cccc(F)c4F)cc3)cn2)Cn2nnnc2-c2cc(F)ccc21. The first-order valence-electron chi connectivity index (χ1n) is 12.5. The van der Waals surface area contributed by atoms with Gasteiger partial charge < -0.3 is 9.84 Å². The number of ether oxygens (including phenoxy) is 1. The fourth-order valence-corrected chi connectivity index (χ4v) is 4.60. The number of benzene rings is 3. The summed E-state index contributed by atoms with van der Waals surface area (Å²) in [5.74, 6) is -0.355. The lowest BCUT2D eigenvalue weighted by Gasteiger charge is -2.39. The van der Waals surface area contributed by atoms with Crippen molar-refractivity contribution in [2.75, 3.05) is 0 Å². The maximum absolute atomic E-state index is 15.9. The summed E-state index contributed by atoms with van der Waals surface area (Å²) in [7, 11) is 0. The number of aliphatic hydroxyl groups is 1. The highest BCUT2D eigenvalue weighted by Crippen LogP contribution is 2.50. The van der Waals surface area contributed by atoms with Crippen molar-refractivity contribution >= 4 is 0 Å². The van der Waals surface area contributed by atoms with Crippen LogP contribution in [0.4, 0.5) is 22.0 Å². The second kappa shape index (κ2) is 10.4. The summed E-state index contributed by atoms with van der Waals surface area (Å²) in [6.07, 6.45) is 1.15. The van der Waals surface area contributed by atoms with Crippen LogP contribution < -0.4 is 4.74 Å². The molecule has 0 radical (unpaired) electrons. The molecule has 6 rings (SSSR count). The minimum Gasteiger partial charge on any atom is -0.489 e. The second-order valence-electron chi connectivity index (χ2n) is 9.49. The lowest BCUT2D eigenvalue weighted by atomic mass is 9.80. The third-order valence-electron chi connectivity index (χ3n) is 6.81. The highest BCUT2D eigenvalue weighted by Gasteiger charge is 2.59. The van der Waals surface area contributed by atoms with Crippen molar-refractivity contribution in [1.82, 2.24) is 25.2 Å². The summed E-state index contributed by atoms with van der Waals surface area (Å²) in [6, 6.07) is 15.8. The molecular weight excluding hydrogens is 557 g/mol. The van der Waals surface area contributed by atoms with Gasteiger partial charge in [0.25, 0.3) is 0 Å². The Morgan fingerprint density at radius 2 is 1.71 bits per heavy atom. The minimum absolute atomic E-state index is 0.0477. The van der Waals surface area contributed by atoms with Gasteiger partial charge in [0.15, 0.2) is 23.1 Å². The van der Waals surface area contributed by atoms with Gasteiger partial charge in [-0.3, -0.25) is 4.98 Å². The van der Waals surface area contributed by atoms with Gasteiger partial charge in [-0.2, -0.15) is 8.78 Å². The number of tetrazole rings is 1. The lowest BCUT2D eigenvalue weighted by Crippen LogP contribution is -2.49. The Kier molecular flexibility index (Phi) is 6.67. The molecule has 1 atom stereocenters. The van der Waals surface area contributed by atoms with E-state index in [2.05, 4.69) is 32.4 Å². The average molecular weight is 575 g/mol. The summed E-state index contributed by atoms with van der Waals surface area (Å²) < 4.78 is 79.3. The molecule has 0 fully saturated rings. The fourth-order valence-electron chi connectivity index (χ4n) is 4.60. The van der Waals surface area contributed by atoms with Crippen molar-refractivity contribution in [3.63, 3.8) is 0 Å². The first-order chi connectivity index (χ1) is 20.2. The molecule has 210 valence electrons. The summed E-state index contributed by atoms with van der Waals surface area (Å²) in [5, 5.41) is 22.2. The highest BCUT2D eigenvalue weighted by atomic mass is 19.3. The van der Waals surface area contributed by atoms with E-state index in [0.717, 1.165) is 41.2 Å². The minimum atomic E-state index is -3.92. The topological polar surface area (TPSA) is 86.0 Å². The maximum atomic E-state index is 15.9. The molecule has 2 aromatic heterocycles. The molecule has 1 unspecified atom stereocenters. The van der Waals surface area contributed by atoms with Crippen LogP contribution in [0.1, 0.15) is 27.9 Å². The Hall–Kier alpha value is -5.15. The Morgan fingerprint density at radius 3 is 2.48 bits per heavy atom. The molecule has 1 aliphatic heterocycles. The Bertz CT molecular complexity index is 1850. The Morgan fingerprint density at radius 1 is 0.952 bits per heavy atom. The van der Waals surface area contributed by atoms with E-state index < -0.39 is 41.2 Å². The van der Waals surface area contributed by atoms with E-state index in [-0.39, 0.29) is 29.1 Å². The van der Waals surface area contributed by atoms with Crippen LogP contribution in [0.2, 0.25) is 0 Å². The van der Waals surface area contributed by atoms with Crippen molar-refractivity contribution in [1.29, 1.82) is 0 Å². The quantitative estimate of drug-likeness (QED) is 0.231. The molecule has 3 heterocycles. The third kappa shape index (κ3) is 4.73. The summed E-state index contributed by atoms with van der Waals surface area (Å²) in [5.41, 5.74) is -2.83. The van der Waals surface area contributed by atoms with Crippen LogP contribution in [0.25, 0.3) is 11.4 Å². The van der Waals surface area contributed by atoms with Crippen LogP contribution in [0.15, 0.2) is 79.0 Å². The Balaban J connectivity index is 1.18. The molecule has 0 amide bonds. The number of aromatic nitrogens is 5. The molecule has 0 bridgehead atoms. The van der Waals surface area contributed by atoms with E-state index in [0.29, 0.717) is 16.9 Å². The van der Waals surface area contributed by atoms with Crippen LogP contribution in [-0.4, -0.2) is 30.3 Å². The normalized spacial score (nSPS) is 15.8. The van der Waals surface area contributed by atoms with E-state index in [1.54, 1.807) is 24.3 Å². The summed E-state index contributed by atoms with van der Waals surface area (Å²) in [6.45, 7) is -0.840. The lowest BCUT2D eigenvalue weighted by molar-refractivity contribution is -0.207. The summed E-state index contributed by atoms with van der Waals surface area (Å²) in [4.78, 5) is 3.87. The zero-order chi connectivity index (χ0) is 29.5. The molecule has 0 saturated carbocycles. The summed E-state index contributed by atoms with van der Waals surface area (Å²) >= 11 is 0. The smallest absolute Gasteiger partial charge is 0.323 e. The number of alkyl halides is 2. The molecule has 3 aromatic carbocycles. The van der Waals surface area contributed by atoms with Gasteiger partial charge in [-0.25, -0.2) is 17.9 Å². The first kappa shape index (κ1) is 27.0. The molecule has 1 aliphatic rings. The number of hydrogen-bond acceptors (Lipinski definition) is 6. The predicted octanol–water partition coefficient (Wildman–Crippen LogP) is 5.12.